The summed E-state index contributed by atoms with van der Waals surface area (Å²) in [5.41, 5.74) is 3.01. The van der Waals surface area contributed by atoms with E-state index in [-0.39, 0.29) is 5.91 Å². The standard InChI is InChI=1S/C18H21N3O/c1-13-6-5-9-16(10-13)21-17(11-14(2)20-21)19-18(22)12-15-7-3-4-8-15/h3,5-7,9-11,15H,4,8,12H2,1-2H3,(H,19,22)/t15-/m1/s1. The van der Waals surface area contributed by atoms with E-state index in [1.807, 2.05) is 38.1 Å². The molecule has 1 aromatic carbocycles. The smallest absolute Gasteiger partial charge is 0.226 e. The second-order valence-electron chi connectivity index (χ2n) is 5.94. The Morgan fingerprint density at radius 1 is 1.36 bits per heavy atom. The lowest BCUT2D eigenvalue weighted by Gasteiger charge is -2.11. The summed E-state index contributed by atoms with van der Waals surface area (Å²) >= 11 is 0. The third-order valence-corrected chi connectivity index (χ3v) is 3.91. The van der Waals surface area contributed by atoms with E-state index in [9.17, 15) is 4.79 Å². The molecule has 1 amide bonds. The fourth-order valence-corrected chi connectivity index (χ4v) is 2.84. The summed E-state index contributed by atoms with van der Waals surface area (Å²) in [5.74, 6) is 1.15. The molecule has 1 heterocycles. The number of aromatic nitrogens is 2. The molecule has 2 aromatic rings. The maximum absolute atomic E-state index is 12.2. The molecule has 22 heavy (non-hydrogen) atoms. The van der Waals surface area contributed by atoms with Crippen molar-refractivity contribution in [3.63, 3.8) is 0 Å². The molecule has 0 saturated carbocycles. The molecule has 114 valence electrons. The number of benzene rings is 1. The van der Waals surface area contributed by atoms with E-state index in [0.717, 1.165) is 30.0 Å². The molecule has 4 heteroatoms. The van der Waals surface area contributed by atoms with Gasteiger partial charge in [-0.25, -0.2) is 4.68 Å². The van der Waals surface area contributed by atoms with Crippen molar-refractivity contribution in [2.75, 3.05) is 5.32 Å². The molecule has 0 fully saturated rings. The molecule has 1 atom stereocenters. The number of anilines is 1. The van der Waals surface area contributed by atoms with Gasteiger partial charge in [0.05, 0.1) is 11.4 Å². The Morgan fingerprint density at radius 2 is 2.23 bits per heavy atom. The average Bonchev–Trinajstić information content (AvgIpc) is 3.08. The molecule has 1 aliphatic carbocycles. The van der Waals surface area contributed by atoms with Crippen molar-refractivity contribution in [2.24, 2.45) is 5.92 Å². The summed E-state index contributed by atoms with van der Waals surface area (Å²) in [6.07, 6.45) is 6.98. The summed E-state index contributed by atoms with van der Waals surface area (Å²) in [5, 5.41) is 7.50. The van der Waals surface area contributed by atoms with Gasteiger partial charge in [-0.1, -0.05) is 24.3 Å². The van der Waals surface area contributed by atoms with Crippen LogP contribution in [0.4, 0.5) is 5.82 Å². The number of hydrogen-bond acceptors (Lipinski definition) is 2. The number of hydrogen-bond donors (Lipinski definition) is 1. The highest BCUT2D eigenvalue weighted by molar-refractivity contribution is 5.90. The van der Waals surface area contributed by atoms with Gasteiger partial charge in [-0.05, 0) is 50.3 Å². The molecule has 4 nitrogen and oxygen atoms in total. The van der Waals surface area contributed by atoms with Gasteiger partial charge in [0.2, 0.25) is 5.91 Å². The van der Waals surface area contributed by atoms with Crippen LogP contribution >= 0.6 is 0 Å². The van der Waals surface area contributed by atoms with Gasteiger partial charge in [0.15, 0.2) is 0 Å². The first kappa shape index (κ1) is 14.6. The monoisotopic (exact) mass is 295 g/mol. The van der Waals surface area contributed by atoms with E-state index in [4.69, 9.17) is 0 Å². The summed E-state index contributed by atoms with van der Waals surface area (Å²) in [6, 6.07) is 10.0. The molecule has 3 rings (SSSR count). The zero-order valence-corrected chi connectivity index (χ0v) is 13.0. The summed E-state index contributed by atoms with van der Waals surface area (Å²) in [4.78, 5) is 12.2. The molecule has 1 aliphatic rings. The molecule has 0 aliphatic heterocycles. The molecule has 0 saturated heterocycles. The van der Waals surface area contributed by atoms with Crippen molar-refractivity contribution < 1.29 is 4.79 Å². The number of nitrogens with zero attached hydrogens (tertiary/aromatic N) is 2. The third kappa shape index (κ3) is 3.27. The normalized spacial score (nSPS) is 16.9. The van der Waals surface area contributed by atoms with E-state index >= 15 is 0 Å². The molecule has 0 bridgehead atoms. The minimum Gasteiger partial charge on any atom is -0.311 e. The average molecular weight is 295 g/mol. The zero-order valence-electron chi connectivity index (χ0n) is 13.0. The lowest BCUT2D eigenvalue weighted by atomic mass is 10.1. The van der Waals surface area contributed by atoms with E-state index in [1.165, 1.54) is 5.56 Å². The predicted octanol–water partition coefficient (Wildman–Crippen LogP) is 3.78. The SMILES string of the molecule is Cc1cccc(-n2nc(C)cc2NC(=O)C[C@@H]2C=CCC2)c1. The summed E-state index contributed by atoms with van der Waals surface area (Å²) < 4.78 is 1.80. The van der Waals surface area contributed by atoms with Crippen LogP contribution in [0.5, 0.6) is 0 Å². The van der Waals surface area contributed by atoms with Crippen molar-refractivity contribution in [1.29, 1.82) is 0 Å². The topological polar surface area (TPSA) is 46.9 Å². The summed E-state index contributed by atoms with van der Waals surface area (Å²) in [7, 11) is 0. The van der Waals surface area contributed by atoms with Crippen molar-refractivity contribution in [1.82, 2.24) is 9.78 Å². The number of allylic oxidation sites excluding steroid dienone is 2. The van der Waals surface area contributed by atoms with Gasteiger partial charge in [0, 0.05) is 12.5 Å². The highest BCUT2D eigenvalue weighted by Crippen LogP contribution is 2.22. The molecule has 0 spiro atoms. The molecular formula is C18H21N3O. The number of aryl methyl sites for hydroxylation is 2. The van der Waals surface area contributed by atoms with Crippen LogP contribution in [-0.2, 0) is 4.79 Å². The van der Waals surface area contributed by atoms with E-state index < -0.39 is 0 Å². The third-order valence-electron chi connectivity index (χ3n) is 3.91. The maximum Gasteiger partial charge on any atom is 0.226 e. The minimum atomic E-state index is 0.0466. The fraction of sp³-hybridized carbons (Fsp3) is 0.333. The number of amides is 1. The predicted molar refractivity (Wildman–Crippen MR) is 88.1 cm³/mol. The highest BCUT2D eigenvalue weighted by atomic mass is 16.1. The molecule has 0 radical (unpaired) electrons. The Morgan fingerprint density at radius 3 is 2.95 bits per heavy atom. The van der Waals surface area contributed by atoms with Crippen LogP contribution in [0.15, 0.2) is 42.5 Å². The van der Waals surface area contributed by atoms with Gasteiger partial charge in [-0.15, -0.1) is 0 Å². The summed E-state index contributed by atoms with van der Waals surface area (Å²) in [6.45, 7) is 3.98. The zero-order chi connectivity index (χ0) is 15.5. The molecule has 1 aromatic heterocycles. The number of carbonyl (C=O) groups excluding carboxylic acids is 1. The van der Waals surface area contributed by atoms with Crippen molar-refractivity contribution in [2.45, 2.75) is 33.1 Å². The number of carbonyl (C=O) groups is 1. The molecule has 1 N–H and O–H groups in total. The van der Waals surface area contributed by atoms with E-state index in [2.05, 4.69) is 28.6 Å². The Kier molecular flexibility index (Phi) is 4.09. The van der Waals surface area contributed by atoms with Crippen LogP contribution in [0.3, 0.4) is 0 Å². The van der Waals surface area contributed by atoms with Gasteiger partial charge in [-0.2, -0.15) is 5.10 Å². The molecule has 0 unspecified atom stereocenters. The van der Waals surface area contributed by atoms with Crippen LogP contribution in [0.25, 0.3) is 5.69 Å². The van der Waals surface area contributed by atoms with Gasteiger partial charge in [-0.3, -0.25) is 4.79 Å². The Labute approximate surface area is 130 Å². The van der Waals surface area contributed by atoms with Crippen LogP contribution in [0, 0.1) is 19.8 Å². The van der Waals surface area contributed by atoms with Crippen molar-refractivity contribution >= 4 is 11.7 Å². The maximum atomic E-state index is 12.2. The van der Waals surface area contributed by atoms with Crippen LogP contribution in [0.1, 0.15) is 30.5 Å². The van der Waals surface area contributed by atoms with Gasteiger partial charge in [0.1, 0.15) is 5.82 Å². The van der Waals surface area contributed by atoms with E-state index in [1.54, 1.807) is 4.68 Å². The Hall–Kier alpha value is -2.36. The Bertz CT molecular complexity index is 715. The first-order valence-electron chi connectivity index (χ1n) is 7.72. The second kappa shape index (κ2) is 6.18. The van der Waals surface area contributed by atoms with Crippen LogP contribution in [-0.4, -0.2) is 15.7 Å². The fourth-order valence-electron chi connectivity index (χ4n) is 2.84. The number of rotatable bonds is 4. The first-order chi connectivity index (χ1) is 10.6. The van der Waals surface area contributed by atoms with Gasteiger partial charge in [0.25, 0.3) is 0 Å². The number of nitrogens with one attached hydrogen (secondary N) is 1. The van der Waals surface area contributed by atoms with Crippen LogP contribution < -0.4 is 5.32 Å². The lowest BCUT2D eigenvalue weighted by molar-refractivity contribution is -0.116. The molecular weight excluding hydrogens is 274 g/mol. The second-order valence-corrected chi connectivity index (χ2v) is 5.94. The van der Waals surface area contributed by atoms with Crippen LogP contribution in [0.2, 0.25) is 0 Å². The minimum absolute atomic E-state index is 0.0466. The van der Waals surface area contributed by atoms with Crippen molar-refractivity contribution in [3.8, 4) is 5.69 Å². The van der Waals surface area contributed by atoms with E-state index in [0.29, 0.717) is 12.3 Å². The first-order valence-corrected chi connectivity index (χ1v) is 7.72. The van der Waals surface area contributed by atoms with Gasteiger partial charge >= 0.3 is 0 Å². The van der Waals surface area contributed by atoms with Gasteiger partial charge < -0.3 is 5.32 Å². The highest BCUT2D eigenvalue weighted by Gasteiger charge is 2.16. The van der Waals surface area contributed by atoms with Crippen molar-refractivity contribution in [3.05, 3.63) is 53.7 Å². The Balaban J connectivity index is 1.79. The largest absolute Gasteiger partial charge is 0.311 e. The lowest BCUT2D eigenvalue weighted by Crippen LogP contribution is -2.17. The quantitative estimate of drug-likeness (QED) is 0.872.